The van der Waals surface area contributed by atoms with Crippen LogP contribution in [0.5, 0.6) is 5.75 Å². The number of para-hydroxylation sites is 1. The van der Waals surface area contributed by atoms with Crippen molar-refractivity contribution in [3.05, 3.63) is 65.4 Å². The summed E-state index contributed by atoms with van der Waals surface area (Å²) in [5.74, 6) is -1.54. The number of nitrogens with zero attached hydrogens (tertiary/aromatic N) is 2. The molecular weight excluding hydrogens is 352 g/mol. The van der Waals surface area contributed by atoms with E-state index in [0.717, 1.165) is 10.2 Å². The van der Waals surface area contributed by atoms with E-state index in [1.165, 1.54) is 35.3 Å². The zero-order chi connectivity index (χ0) is 18.4. The molecule has 26 heavy (non-hydrogen) atoms. The van der Waals surface area contributed by atoms with Gasteiger partial charge in [-0.15, -0.1) is 0 Å². The minimum Gasteiger partial charge on any atom is -0.508 e. The summed E-state index contributed by atoms with van der Waals surface area (Å²) in [5, 5.41) is 20.3. The van der Waals surface area contributed by atoms with Crippen molar-refractivity contribution >= 4 is 38.4 Å². The largest absolute Gasteiger partial charge is 0.508 e. The van der Waals surface area contributed by atoms with E-state index < -0.39 is 23.5 Å². The Labute approximate surface area is 152 Å². The molecule has 0 aliphatic carbocycles. The van der Waals surface area contributed by atoms with Gasteiger partial charge >= 0.3 is 0 Å². The first kappa shape index (κ1) is 16.3. The number of amides is 1. The van der Waals surface area contributed by atoms with Crippen molar-refractivity contribution in [2.24, 2.45) is 0 Å². The monoisotopic (exact) mass is 366 g/mol. The van der Waals surface area contributed by atoms with Gasteiger partial charge < -0.3 is 10.2 Å². The molecule has 0 saturated heterocycles. The summed E-state index contributed by atoms with van der Waals surface area (Å²) in [6, 6.07) is 12.9. The molecule has 6 nitrogen and oxygen atoms in total. The molecule has 4 rings (SSSR count). The molecule has 0 radical (unpaired) electrons. The van der Waals surface area contributed by atoms with Gasteiger partial charge in [-0.2, -0.15) is 0 Å². The van der Waals surface area contributed by atoms with Crippen LogP contribution < -0.4 is 4.90 Å². The van der Waals surface area contributed by atoms with Crippen molar-refractivity contribution in [2.45, 2.75) is 13.0 Å². The molecule has 1 unspecified atom stereocenters. The number of ketones is 1. The summed E-state index contributed by atoms with van der Waals surface area (Å²) < 4.78 is 0.899. The lowest BCUT2D eigenvalue weighted by Gasteiger charge is -2.24. The summed E-state index contributed by atoms with van der Waals surface area (Å²) in [4.78, 5) is 30.7. The van der Waals surface area contributed by atoms with Crippen LogP contribution in [0.4, 0.5) is 5.13 Å². The van der Waals surface area contributed by atoms with E-state index in [4.69, 9.17) is 0 Å². The maximum absolute atomic E-state index is 12.7. The summed E-state index contributed by atoms with van der Waals surface area (Å²) in [6.07, 6.45) is 0. The normalized spacial score (nSPS) is 17.3. The molecule has 1 aliphatic rings. The fourth-order valence-corrected chi connectivity index (χ4v) is 4.09. The van der Waals surface area contributed by atoms with E-state index >= 15 is 0 Å². The van der Waals surface area contributed by atoms with Crippen LogP contribution in [0.3, 0.4) is 0 Å². The van der Waals surface area contributed by atoms with Gasteiger partial charge in [0, 0.05) is 0 Å². The number of aromatic hydroxyl groups is 1. The Balaban J connectivity index is 1.90. The van der Waals surface area contributed by atoms with Crippen molar-refractivity contribution < 1.29 is 19.8 Å². The predicted octanol–water partition coefficient (Wildman–Crippen LogP) is 3.49. The standard InChI is InChI=1S/C19H14N2O4S/c1-10(22)15-16(11-6-8-12(23)9-7-11)21(18(25)17(15)24)19-20-13-4-2-3-5-14(13)26-19/h2-9,16,23-24H,1H3. The average Bonchev–Trinajstić information content (AvgIpc) is 3.15. The number of phenolic OH excluding ortho intramolecular Hbond substituents is 1. The van der Waals surface area contributed by atoms with Crippen LogP contribution in [-0.4, -0.2) is 26.9 Å². The van der Waals surface area contributed by atoms with E-state index in [1.807, 2.05) is 24.3 Å². The van der Waals surface area contributed by atoms with Gasteiger partial charge in [0.15, 0.2) is 16.7 Å². The lowest BCUT2D eigenvalue weighted by molar-refractivity contribution is -0.117. The zero-order valence-corrected chi connectivity index (χ0v) is 14.5. The molecule has 1 aromatic heterocycles. The van der Waals surface area contributed by atoms with E-state index in [1.54, 1.807) is 12.1 Å². The number of aromatic nitrogens is 1. The number of carbonyl (C=O) groups is 2. The van der Waals surface area contributed by atoms with E-state index in [2.05, 4.69) is 4.98 Å². The number of aliphatic hydroxyl groups excluding tert-OH is 1. The molecule has 0 spiro atoms. The molecule has 1 aliphatic heterocycles. The number of rotatable bonds is 3. The lowest BCUT2D eigenvalue weighted by atomic mass is 9.97. The van der Waals surface area contributed by atoms with Crippen molar-refractivity contribution in [3.8, 4) is 5.75 Å². The topological polar surface area (TPSA) is 90.7 Å². The fourth-order valence-electron chi connectivity index (χ4n) is 3.10. The zero-order valence-electron chi connectivity index (χ0n) is 13.7. The number of hydrogen-bond donors (Lipinski definition) is 2. The SMILES string of the molecule is CC(=O)C1=C(O)C(=O)N(c2nc3ccccc3s2)C1c1ccc(O)cc1. The number of thiazole rings is 1. The Kier molecular flexibility index (Phi) is 3.73. The van der Waals surface area contributed by atoms with Gasteiger partial charge in [0.2, 0.25) is 0 Å². The Morgan fingerprint density at radius 3 is 2.46 bits per heavy atom. The number of benzene rings is 2. The van der Waals surface area contributed by atoms with Gasteiger partial charge in [-0.25, -0.2) is 4.98 Å². The molecule has 1 atom stereocenters. The van der Waals surface area contributed by atoms with Crippen LogP contribution in [-0.2, 0) is 9.59 Å². The quantitative estimate of drug-likeness (QED) is 0.740. The van der Waals surface area contributed by atoms with Gasteiger partial charge in [0.25, 0.3) is 5.91 Å². The molecule has 0 fully saturated rings. The second-order valence-electron chi connectivity index (χ2n) is 5.95. The fraction of sp³-hybridized carbons (Fsp3) is 0.105. The summed E-state index contributed by atoms with van der Waals surface area (Å²) in [7, 11) is 0. The van der Waals surface area contributed by atoms with Crippen molar-refractivity contribution in [1.82, 2.24) is 4.98 Å². The van der Waals surface area contributed by atoms with Crippen molar-refractivity contribution in [1.29, 1.82) is 0 Å². The molecule has 0 bridgehead atoms. The Morgan fingerprint density at radius 2 is 1.81 bits per heavy atom. The number of phenols is 1. The summed E-state index contributed by atoms with van der Waals surface area (Å²) in [5.41, 5.74) is 1.37. The molecular formula is C19H14N2O4S. The first-order valence-corrected chi connectivity index (χ1v) is 8.71. The highest BCUT2D eigenvalue weighted by atomic mass is 32.1. The van der Waals surface area contributed by atoms with Crippen LogP contribution in [0.2, 0.25) is 0 Å². The van der Waals surface area contributed by atoms with Gasteiger partial charge in [-0.05, 0) is 36.8 Å². The molecule has 2 aromatic carbocycles. The minimum absolute atomic E-state index is 0.0277. The minimum atomic E-state index is -0.791. The predicted molar refractivity (Wildman–Crippen MR) is 98.3 cm³/mol. The Morgan fingerprint density at radius 1 is 1.12 bits per heavy atom. The lowest BCUT2D eigenvalue weighted by Crippen LogP contribution is -2.30. The number of anilines is 1. The molecule has 3 aromatic rings. The molecule has 1 amide bonds. The molecule has 7 heteroatoms. The molecule has 130 valence electrons. The van der Waals surface area contributed by atoms with Crippen LogP contribution in [0.15, 0.2) is 59.9 Å². The van der Waals surface area contributed by atoms with Crippen LogP contribution in [0, 0.1) is 0 Å². The highest BCUT2D eigenvalue weighted by Gasteiger charge is 2.44. The van der Waals surface area contributed by atoms with Crippen molar-refractivity contribution in [2.75, 3.05) is 4.90 Å². The van der Waals surface area contributed by atoms with Crippen LogP contribution in [0.1, 0.15) is 18.5 Å². The number of fused-ring (bicyclic) bond motifs is 1. The highest BCUT2D eigenvalue weighted by Crippen LogP contribution is 2.43. The first-order chi connectivity index (χ1) is 12.5. The third-order valence-corrected chi connectivity index (χ3v) is 5.32. The summed E-state index contributed by atoms with van der Waals surface area (Å²) >= 11 is 1.31. The second kappa shape index (κ2) is 5.96. The molecule has 2 N–H and O–H groups in total. The van der Waals surface area contributed by atoms with Crippen molar-refractivity contribution in [3.63, 3.8) is 0 Å². The van der Waals surface area contributed by atoms with Gasteiger partial charge in [0.1, 0.15) is 5.75 Å². The molecule has 2 heterocycles. The Hall–Kier alpha value is -3.19. The molecule has 0 saturated carbocycles. The highest BCUT2D eigenvalue weighted by molar-refractivity contribution is 7.22. The smallest absolute Gasteiger partial charge is 0.296 e. The maximum Gasteiger partial charge on any atom is 0.296 e. The van der Waals surface area contributed by atoms with Gasteiger partial charge in [-0.3, -0.25) is 14.5 Å². The maximum atomic E-state index is 12.7. The second-order valence-corrected chi connectivity index (χ2v) is 6.96. The van der Waals surface area contributed by atoms with E-state index in [-0.39, 0.29) is 11.3 Å². The van der Waals surface area contributed by atoms with Gasteiger partial charge in [-0.1, -0.05) is 35.6 Å². The third kappa shape index (κ3) is 2.44. The van der Waals surface area contributed by atoms with E-state index in [0.29, 0.717) is 10.7 Å². The number of hydrogen-bond acceptors (Lipinski definition) is 6. The number of Topliss-reactive ketones (excluding diaryl/α,β-unsaturated/α-hetero) is 1. The average molecular weight is 366 g/mol. The first-order valence-electron chi connectivity index (χ1n) is 7.89. The van der Waals surface area contributed by atoms with Gasteiger partial charge in [0.05, 0.1) is 21.8 Å². The summed E-state index contributed by atoms with van der Waals surface area (Å²) in [6.45, 7) is 1.31. The van der Waals surface area contributed by atoms with Crippen LogP contribution in [0.25, 0.3) is 10.2 Å². The number of carbonyl (C=O) groups excluding carboxylic acids is 2. The third-order valence-electron chi connectivity index (χ3n) is 4.28. The Bertz CT molecular complexity index is 1040. The van der Waals surface area contributed by atoms with Crippen LogP contribution >= 0.6 is 11.3 Å². The number of aliphatic hydroxyl groups is 1. The van der Waals surface area contributed by atoms with E-state index in [9.17, 15) is 19.8 Å².